The van der Waals surface area contributed by atoms with Crippen LogP contribution in [0.3, 0.4) is 0 Å². The molecule has 1 aliphatic rings. The largest absolute Gasteiger partial charge is 0.382 e. The Labute approximate surface area is 139 Å². The lowest BCUT2D eigenvalue weighted by atomic mass is 9.90. The van der Waals surface area contributed by atoms with Gasteiger partial charge in [0.2, 0.25) is 5.89 Å². The standard InChI is InChI=1S/C17H19N5O2/c1-10-19-14(24-22-10)9-12-3-2-4-13-15(12)16(20-21-17(13)18)11-5-7-23-8-6-11/h2-4,11H,5-9H2,1H3,(H2,18,21). The Balaban J connectivity index is 1.84. The molecule has 0 amide bonds. The Bertz CT molecular complexity index is 871. The highest BCUT2D eigenvalue weighted by molar-refractivity contribution is 5.95. The topological polar surface area (TPSA) is 100.0 Å². The Kier molecular flexibility index (Phi) is 3.86. The number of nitrogen functional groups attached to an aromatic ring is 1. The number of hydrogen-bond donors (Lipinski definition) is 1. The molecule has 0 bridgehead atoms. The molecule has 124 valence electrons. The third-order valence-corrected chi connectivity index (χ3v) is 4.47. The number of aromatic nitrogens is 4. The van der Waals surface area contributed by atoms with E-state index >= 15 is 0 Å². The van der Waals surface area contributed by atoms with E-state index in [1.165, 1.54) is 0 Å². The van der Waals surface area contributed by atoms with Crippen LogP contribution in [0.25, 0.3) is 10.8 Å². The molecule has 0 saturated carbocycles. The summed E-state index contributed by atoms with van der Waals surface area (Å²) in [4.78, 5) is 4.31. The number of aryl methyl sites for hydroxylation is 1. The lowest BCUT2D eigenvalue weighted by molar-refractivity contribution is 0.0846. The summed E-state index contributed by atoms with van der Waals surface area (Å²) in [5.41, 5.74) is 8.15. The molecule has 4 rings (SSSR count). The first-order valence-electron chi connectivity index (χ1n) is 8.13. The fraction of sp³-hybridized carbons (Fsp3) is 0.412. The minimum absolute atomic E-state index is 0.333. The van der Waals surface area contributed by atoms with Crippen molar-refractivity contribution in [2.45, 2.75) is 32.1 Å². The normalized spacial score (nSPS) is 15.9. The van der Waals surface area contributed by atoms with Gasteiger partial charge in [0, 0.05) is 29.9 Å². The lowest BCUT2D eigenvalue weighted by Gasteiger charge is -2.23. The van der Waals surface area contributed by atoms with Crippen molar-refractivity contribution in [3.63, 3.8) is 0 Å². The van der Waals surface area contributed by atoms with Crippen LogP contribution in [-0.2, 0) is 11.2 Å². The van der Waals surface area contributed by atoms with E-state index < -0.39 is 0 Å². The van der Waals surface area contributed by atoms with E-state index in [2.05, 4.69) is 26.4 Å². The summed E-state index contributed by atoms with van der Waals surface area (Å²) in [7, 11) is 0. The summed E-state index contributed by atoms with van der Waals surface area (Å²) in [6, 6.07) is 6.03. The van der Waals surface area contributed by atoms with Crippen LogP contribution in [0.1, 0.15) is 41.7 Å². The van der Waals surface area contributed by atoms with Crippen molar-refractivity contribution in [3.8, 4) is 0 Å². The molecule has 0 aliphatic carbocycles. The summed E-state index contributed by atoms with van der Waals surface area (Å²) >= 11 is 0. The number of anilines is 1. The summed E-state index contributed by atoms with van der Waals surface area (Å²) in [5.74, 6) is 2.01. The molecule has 7 nitrogen and oxygen atoms in total. The Morgan fingerprint density at radius 1 is 1.21 bits per heavy atom. The van der Waals surface area contributed by atoms with Crippen molar-refractivity contribution >= 4 is 16.6 Å². The van der Waals surface area contributed by atoms with Gasteiger partial charge in [-0.25, -0.2) is 0 Å². The van der Waals surface area contributed by atoms with Crippen molar-refractivity contribution < 1.29 is 9.26 Å². The van der Waals surface area contributed by atoms with E-state index in [0.717, 1.165) is 48.1 Å². The average Bonchev–Trinajstić information content (AvgIpc) is 3.01. The third-order valence-electron chi connectivity index (χ3n) is 4.47. The minimum Gasteiger partial charge on any atom is -0.382 e. The van der Waals surface area contributed by atoms with Gasteiger partial charge in [-0.1, -0.05) is 23.4 Å². The van der Waals surface area contributed by atoms with Crippen molar-refractivity contribution in [2.24, 2.45) is 0 Å². The third kappa shape index (κ3) is 2.71. The number of nitrogens with zero attached hydrogens (tertiary/aromatic N) is 4. The van der Waals surface area contributed by atoms with E-state index in [1.54, 1.807) is 0 Å². The first kappa shape index (κ1) is 15.0. The summed E-state index contributed by atoms with van der Waals surface area (Å²) in [6.45, 7) is 3.32. The number of benzene rings is 1. The Hall–Kier alpha value is -2.54. The number of fused-ring (bicyclic) bond motifs is 1. The number of nitrogens with two attached hydrogens (primary N) is 1. The second-order valence-corrected chi connectivity index (χ2v) is 6.11. The maximum absolute atomic E-state index is 6.07. The second kappa shape index (κ2) is 6.16. The van der Waals surface area contributed by atoms with E-state index in [9.17, 15) is 0 Å². The van der Waals surface area contributed by atoms with Crippen LogP contribution in [0.2, 0.25) is 0 Å². The van der Waals surface area contributed by atoms with E-state index in [-0.39, 0.29) is 0 Å². The molecule has 1 aliphatic heterocycles. The predicted molar refractivity (Wildman–Crippen MR) is 88.6 cm³/mol. The highest BCUT2D eigenvalue weighted by Gasteiger charge is 2.23. The van der Waals surface area contributed by atoms with Gasteiger partial charge >= 0.3 is 0 Å². The van der Waals surface area contributed by atoms with Crippen LogP contribution in [0.4, 0.5) is 5.82 Å². The van der Waals surface area contributed by atoms with E-state index in [4.69, 9.17) is 15.0 Å². The zero-order valence-electron chi connectivity index (χ0n) is 13.5. The molecule has 0 atom stereocenters. The van der Waals surface area contributed by atoms with E-state index in [0.29, 0.717) is 29.9 Å². The van der Waals surface area contributed by atoms with Gasteiger partial charge in [0.25, 0.3) is 0 Å². The maximum atomic E-state index is 6.07. The second-order valence-electron chi connectivity index (χ2n) is 6.11. The minimum atomic E-state index is 0.333. The van der Waals surface area contributed by atoms with E-state index in [1.807, 2.05) is 19.1 Å². The molecule has 1 aromatic carbocycles. The van der Waals surface area contributed by atoms with Crippen LogP contribution in [0, 0.1) is 6.92 Å². The predicted octanol–water partition coefficient (Wildman–Crippen LogP) is 2.39. The Morgan fingerprint density at radius 2 is 2.04 bits per heavy atom. The smallest absolute Gasteiger partial charge is 0.231 e. The van der Waals surface area contributed by atoms with Gasteiger partial charge < -0.3 is 15.0 Å². The van der Waals surface area contributed by atoms with Gasteiger partial charge in [0.05, 0.1) is 12.1 Å². The van der Waals surface area contributed by atoms with Gasteiger partial charge in [0.1, 0.15) is 0 Å². The molecular weight excluding hydrogens is 306 g/mol. The number of ether oxygens (including phenoxy) is 1. The Morgan fingerprint density at radius 3 is 2.79 bits per heavy atom. The zero-order chi connectivity index (χ0) is 16.5. The molecule has 7 heteroatoms. The molecular formula is C17H19N5O2. The van der Waals surface area contributed by atoms with Crippen molar-refractivity contribution in [1.82, 2.24) is 20.3 Å². The van der Waals surface area contributed by atoms with Gasteiger partial charge in [-0.15, -0.1) is 5.10 Å². The SMILES string of the molecule is Cc1noc(Cc2cccc3c(N)nnc(C4CCOCC4)c23)n1. The molecule has 0 unspecified atom stereocenters. The molecule has 1 fully saturated rings. The molecule has 2 N–H and O–H groups in total. The molecule has 24 heavy (non-hydrogen) atoms. The van der Waals surface area contributed by atoms with Gasteiger partial charge in [-0.2, -0.15) is 10.1 Å². The van der Waals surface area contributed by atoms with Gasteiger partial charge in [0.15, 0.2) is 11.6 Å². The average molecular weight is 325 g/mol. The first-order chi connectivity index (χ1) is 11.7. The molecule has 3 heterocycles. The molecule has 0 spiro atoms. The highest BCUT2D eigenvalue weighted by atomic mass is 16.5. The fourth-order valence-corrected chi connectivity index (χ4v) is 3.31. The van der Waals surface area contributed by atoms with Gasteiger partial charge in [-0.05, 0) is 25.3 Å². The number of rotatable bonds is 3. The quantitative estimate of drug-likeness (QED) is 0.789. The van der Waals surface area contributed by atoms with Crippen molar-refractivity contribution in [1.29, 1.82) is 0 Å². The molecule has 0 radical (unpaired) electrons. The monoisotopic (exact) mass is 325 g/mol. The molecule has 2 aromatic heterocycles. The van der Waals surface area contributed by atoms with Crippen LogP contribution < -0.4 is 5.73 Å². The van der Waals surface area contributed by atoms with Gasteiger partial charge in [-0.3, -0.25) is 0 Å². The van der Waals surface area contributed by atoms with Crippen LogP contribution in [0.5, 0.6) is 0 Å². The van der Waals surface area contributed by atoms with Crippen LogP contribution >= 0.6 is 0 Å². The first-order valence-corrected chi connectivity index (χ1v) is 8.13. The fourth-order valence-electron chi connectivity index (χ4n) is 3.31. The van der Waals surface area contributed by atoms with Crippen LogP contribution in [-0.4, -0.2) is 33.6 Å². The summed E-state index contributed by atoms with van der Waals surface area (Å²) < 4.78 is 10.8. The molecule has 3 aromatic rings. The molecule has 1 saturated heterocycles. The van der Waals surface area contributed by atoms with Crippen LogP contribution in [0.15, 0.2) is 22.7 Å². The maximum Gasteiger partial charge on any atom is 0.231 e. The number of hydrogen-bond acceptors (Lipinski definition) is 7. The van der Waals surface area contributed by atoms with Crippen molar-refractivity contribution in [3.05, 3.63) is 41.2 Å². The summed E-state index contributed by atoms with van der Waals surface area (Å²) in [6.07, 6.45) is 2.45. The zero-order valence-corrected chi connectivity index (χ0v) is 13.5. The van der Waals surface area contributed by atoms with Crippen molar-refractivity contribution in [2.75, 3.05) is 18.9 Å². The lowest BCUT2D eigenvalue weighted by Crippen LogP contribution is -2.17. The highest BCUT2D eigenvalue weighted by Crippen LogP contribution is 2.34. The summed E-state index contributed by atoms with van der Waals surface area (Å²) in [5, 5.41) is 14.5.